The van der Waals surface area contributed by atoms with Crippen LogP contribution in [-0.4, -0.2) is 12.1 Å². The zero-order valence-corrected chi connectivity index (χ0v) is 11.5. The Labute approximate surface area is 116 Å². The van der Waals surface area contributed by atoms with Gasteiger partial charge >= 0.3 is 6.36 Å². The number of rotatable bonds is 5. The summed E-state index contributed by atoms with van der Waals surface area (Å²) in [6.07, 6.45) is 4.20. The number of carbonyl (C=O) groups excluding carboxylic acids is 1. The average Bonchev–Trinajstić information content (AvgIpc) is 2.26. The van der Waals surface area contributed by atoms with Crippen LogP contribution in [0.1, 0.15) is 33.1 Å². The lowest BCUT2D eigenvalue weighted by atomic mass is 10.00. The Hall–Kier alpha value is -1.78. The molecule has 0 atom stereocenters. The summed E-state index contributed by atoms with van der Waals surface area (Å²) < 4.78 is 40.3. The first-order valence-corrected chi connectivity index (χ1v) is 6.29. The molecule has 20 heavy (non-hydrogen) atoms. The Morgan fingerprint density at radius 2 is 2.15 bits per heavy atom. The second-order valence-electron chi connectivity index (χ2n) is 4.51. The summed E-state index contributed by atoms with van der Waals surface area (Å²) in [7, 11) is 0. The van der Waals surface area contributed by atoms with E-state index in [2.05, 4.69) is 4.74 Å². The normalized spacial score (nSPS) is 16.9. The van der Waals surface area contributed by atoms with Gasteiger partial charge in [-0.2, -0.15) is 0 Å². The van der Waals surface area contributed by atoms with E-state index in [9.17, 15) is 18.0 Å². The predicted molar refractivity (Wildman–Crippen MR) is 70.7 cm³/mol. The van der Waals surface area contributed by atoms with E-state index >= 15 is 0 Å². The van der Waals surface area contributed by atoms with Gasteiger partial charge < -0.3 is 4.74 Å². The number of hydrogen-bond acceptors (Lipinski definition) is 2. The monoisotopic (exact) mass is 286 g/mol. The minimum atomic E-state index is -4.68. The van der Waals surface area contributed by atoms with Gasteiger partial charge in [-0.05, 0) is 43.6 Å². The van der Waals surface area contributed by atoms with E-state index in [0.29, 0.717) is 12.0 Å². The number of ketones is 1. The van der Waals surface area contributed by atoms with E-state index < -0.39 is 6.36 Å². The van der Waals surface area contributed by atoms with Gasteiger partial charge in [-0.25, -0.2) is 0 Å². The maximum Gasteiger partial charge on any atom is 0.572 e. The number of halogens is 3. The molecule has 0 saturated carbocycles. The molecule has 0 heterocycles. The molecule has 0 spiro atoms. The van der Waals surface area contributed by atoms with Crippen molar-refractivity contribution < 1.29 is 22.7 Å². The van der Waals surface area contributed by atoms with Crippen LogP contribution in [0.3, 0.4) is 0 Å². The fourth-order valence-corrected chi connectivity index (χ4v) is 1.91. The molecular formula is C15H17F3O2. The van der Waals surface area contributed by atoms with E-state index in [4.69, 9.17) is 0 Å². The van der Waals surface area contributed by atoms with Crippen LogP contribution in [0, 0.1) is 0 Å². The molecule has 1 aliphatic carbocycles. The Morgan fingerprint density at radius 3 is 2.75 bits per heavy atom. The predicted octanol–water partition coefficient (Wildman–Crippen LogP) is 4.61. The maximum absolute atomic E-state index is 12.1. The van der Waals surface area contributed by atoms with Crippen LogP contribution in [0.4, 0.5) is 13.2 Å². The van der Waals surface area contributed by atoms with Crippen molar-refractivity contribution in [3.8, 4) is 0 Å². The van der Waals surface area contributed by atoms with Crippen LogP contribution < -0.4 is 0 Å². The molecule has 0 saturated heterocycles. The Kier molecular flexibility index (Phi) is 5.80. The average molecular weight is 286 g/mol. The first-order chi connectivity index (χ1) is 9.30. The summed E-state index contributed by atoms with van der Waals surface area (Å²) in [6.45, 7) is 3.64. The topological polar surface area (TPSA) is 26.3 Å². The van der Waals surface area contributed by atoms with Crippen molar-refractivity contribution in [3.63, 3.8) is 0 Å². The molecule has 0 unspecified atom stereocenters. The Bertz CT molecular complexity index is 480. The quantitative estimate of drug-likeness (QED) is 0.545. The molecule has 0 fully saturated rings. The molecule has 0 aromatic heterocycles. The summed E-state index contributed by atoms with van der Waals surface area (Å²) >= 11 is 0. The van der Waals surface area contributed by atoms with Crippen LogP contribution in [0.25, 0.3) is 0 Å². The summed E-state index contributed by atoms with van der Waals surface area (Å²) in [4.78, 5) is 11.7. The molecule has 0 amide bonds. The molecule has 0 bridgehead atoms. The maximum atomic E-state index is 12.1. The number of carbonyl (C=O) groups is 1. The third-order valence-corrected chi connectivity index (χ3v) is 2.59. The van der Waals surface area contributed by atoms with Crippen molar-refractivity contribution >= 4 is 5.78 Å². The van der Waals surface area contributed by atoms with Crippen LogP contribution >= 0.6 is 0 Å². The van der Waals surface area contributed by atoms with Crippen LogP contribution in [0.5, 0.6) is 0 Å². The van der Waals surface area contributed by atoms with Gasteiger partial charge in [-0.15, -0.1) is 13.2 Å². The van der Waals surface area contributed by atoms with Crippen molar-refractivity contribution in [1.29, 1.82) is 0 Å². The highest BCUT2D eigenvalue weighted by Gasteiger charge is 2.32. The Balaban J connectivity index is 2.67. The lowest BCUT2D eigenvalue weighted by Gasteiger charge is -2.16. The largest absolute Gasteiger partial charge is 0.572 e. The summed E-state index contributed by atoms with van der Waals surface area (Å²) in [5.74, 6) is -0.284. The summed E-state index contributed by atoms with van der Waals surface area (Å²) in [6, 6.07) is 0. The van der Waals surface area contributed by atoms with Gasteiger partial charge in [0.25, 0.3) is 0 Å². The summed E-state index contributed by atoms with van der Waals surface area (Å²) in [5.41, 5.74) is 1.37. The number of alkyl halides is 3. The van der Waals surface area contributed by atoms with Crippen molar-refractivity contribution in [2.45, 2.75) is 39.5 Å². The van der Waals surface area contributed by atoms with Crippen molar-refractivity contribution in [2.75, 3.05) is 0 Å². The van der Waals surface area contributed by atoms with Crippen LogP contribution in [0.15, 0.2) is 47.3 Å². The van der Waals surface area contributed by atoms with Crippen molar-refractivity contribution in [2.24, 2.45) is 0 Å². The van der Waals surface area contributed by atoms with E-state index in [-0.39, 0.29) is 24.4 Å². The standard InChI is InChI=1S/C15H17F3O2/c1-3-5-11(2)8-13(19)9-12-6-4-7-14(10-12)20-15(16,17)18/h3,5-6,8,10H,4,7,9H2,1-2H3/b5-3-,11-8?. The molecule has 0 aromatic carbocycles. The molecule has 0 N–H and O–H groups in total. The van der Waals surface area contributed by atoms with Crippen LogP contribution in [-0.2, 0) is 9.53 Å². The minimum Gasteiger partial charge on any atom is -0.410 e. The molecule has 1 aliphatic rings. The van der Waals surface area contributed by atoms with Gasteiger partial charge in [0.2, 0.25) is 0 Å². The van der Waals surface area contributed by atoms with E-state index in [1.54, 1.807) is 19.1 Å². The zero-order valence-electron chi connectivity index (χ0n) is 11.5. The number of hydrogen-bond donors (Lipinski definition) is 0. The van der Waals surface area contributed by atoms with Crippen molar-refractivity contribution in [3.05, 3.63) is 47.3 Å². The molecule has 110 valence electrons. The molecule has 5 heteroatoms. The molecule has 0 radical (unpaired) electrons. The second-order valence-corrected chi connectivity index (χ2v) is 4.51. The van der Waals surface area contributed by atoms with Gasteiger partial charge in [-0.3, -0.25) is 4.79 Å². The fourth-order valence-electron chi connectivity index (χ4n) is 1.91. The highest BCUT2D eigenvalue weighted by Crippen LogP contribution is 2.27. The first-order valence-electron chi connectivity index (χ1n) is 6.29. The third kappa shape index (κ3) is 6.41. The zero-order chi connectivity index (χ0) is 15.2. The van der Waals surface area contributed by atoms with E-state index in [1.165, 1.54) is 12.2 Å². The van der Waals surface area contributed by atoms with Crippen molar-refractivity contribution in [1.82, 2.24) is 0 Å². The van der Waals surface area contributed by atoms with Crippen LogP contribution in [0.2, 0.25) is 0 Å². The smallest absolute Gasteiger partial charge is 0.410 e. The van der Waals surface area contributed by atoms with Gasteiger partial charge in [-0.1, -0.05) is 18.2 Å². The summed E-state index contributed by atoms with van der Waals surface area (Å²) in [5, 5.41) is 0. The SMILES string of the molecule is C/C=C\C(C)=CC(=O)CC1=CCCC(OC(F)(F)F)=C1. The highest BCUT2D eigenvalue weighted by atomic mass is 19.4. The molecule has 1 rings (SSSR count). The lowest BCUT2D eigenvalue weighted by molar-refractivity contribution is -0.306. The number of allylic oxidation sites excluding steroid dienone is 8. The first kappa shape index (κ1) is 16.3. The van der Waals surface area contributed by atoms with Gasteiger partial charge in [0.1, 0.15) is 5.76 Å². The van der Waals surface area contributed by atoms with E-state index in [1.807, 2.05) is 13.0 Å². The van der Waals surface area contributed by atoms with Gasteiger partial charge in [0.15, 0.2) is 5.78 Å². The molecular weight excluding hydrogens is 269 g/mol. The molecule has 2 nitrogen and oxygen atoms in total. The molecule has 0 aliphatic heterocycles. The Morgan fingerprint density at radius 1 is 1.45 bits per heavy atom. The van der Waals surface area contributed by atoms with E-state index in [0.717, 1.165) is 5.57 Å². The highest BCUT2D eigenvalue weighted by molar-refractivity contribution is 5.92. The lowest BCUT2D eigenvalue weighted by Crippen LogP contribution is -2.14. The van der Waals surface area contributed by atoms with Gasteiger partial charge in [0.05, 0.1) is 0 Å². The second kappa shape index (κ2) is 7.12. The third-order valence-electron chi connectivity index (χ3n) is 2.59. The molecule has 0 aromatic rings. The van der Waals surface area contributed by atoms with Gasteiger partial charge in [0, 0.05) is 12.8 Å². The minimum absolute atomic E-state index is 0.0829. The fraction of sp³-hybridized carbons (Fsp3) is 0.400. The number of ether oxygens (including phenoxy) is 1.